The van der Waals surface area contributed by atoms with Gasteiger partial charge in [0.15, 0.2) is 0 Å². The predicted octanol–water partition coefficient (Wildman–Crippen LogP) is 2.27. The van der Waals surface area contributed by atoms with Gasteiger partial charge in [0.05, 0.1) is 12.0 Å². The number of imidazole rings is 1. The van der Waals surface area contributed by atoms with Crippen LogP contribution in [-0.4, -0.2) is 34.4 Å². The van der Waals surface area contributed by atoms with Crippen LogP contribution in [0.15, 0.2) is 48.9 Å². The van der Waals surface area contributed by atoms with Gasteiger partial charge in [0.25, 0.3) is 5.91 Å². The van der Waals surface area contributed by atoms with Crippen molar-refractivity contribution in [3.8, 4) is 0 Å². The van der Waals surface area contributed by atoms with Gasteiger partial charge in [-0.2, -0.15) is 0 Å². The highest BCUT2D eigenvalue weighted by atomic mass is 16.2. The van der Waals surface area contributed by atoms with Crippen molar-refractivity contribution < 1.29 is 9.59 Å². The highest BCUT2D eigenvalue weighted by Gasteiger charge is 2.35. The number of hydrogen-bond donors (Lipinski definition) is 2. The molecule has 126 valence electrons. The van der Waals surface area contributed by atoms with Crippen LogP contribution in [0.2, 0.25) is 0 Å². The standard InChI is InChI=1S/C19H18N4O2/c1-12(18(24)21-9-8-14-10-20-11-22-14)23-16-7-3-5-13-4-2-6-15(17(13)16)19(23)25/h2-7,10-12H,8-9H2,1H3,(H,20,22)(H,21,24). The Morgan fingerprint density at radius 3 is 2.84 bits per heavy atom. The van der Waals surface area contributed by atoms with Crippen molar-refractivity contribution >= 4 is 28.3 Å². The molecule has 0 saturated heterocycles. The van der Waals surface area contributed by atoms with E-state index >= 15 is 0 Å². The number of H-pyrrole nitrogens is 1. The van der Waals surface area contributed by atoms with Crippen molar-refractivity contribution in [1.82, 2.24) is 15.3 Å². The zero-order valence-electron chi connectivity index (χ0n) is 13.8. The second-order valence-electron chi connectivity index (χ2n) is 6.15. The number of aromatic amines is 1. The fourth-order valence-corrected chi connectivity index (χ4v) is 3.33. The number of carbonyl (C=O) groups is 2. The molecule has 0 saturated carbocycles. The zero-order valence-corrected chi connectivity index (χ0v) is 13.8. The van der Waals surface area contributed by atoms with Gasteiger partial charge >= 0.3 is 0 Å². The molecule has 4 rings (SSSR count). The highest BCUT2D eigenvalue weighted by Crippen LogP contribution is 2.38. The Labute approximate surface area is 144 Å². The molecular formula is C19H18N4O2. The second kappa shape index (κ2) is 6.05. The van der Waals surface area contributed by atoms with E-state index in [-0.39, 0.29) is 11.8 Å². The van der Waals surface area contributed by atoms with E-state index in [9.17, 15) is 9.59 Å². The van der Waals surface area contributed by atoms with Crippen LogP contribution in [-0.2, 0) is 11.2 Å². The summed E-state index contributed by atoms with van der Waals surface area (Å²) in [6, 6.07) is 10.9. The van der Waals surface area contributed by atoms with Crippen LogP contribution in [0, 0.1) is 0 Å². The molecule has 1 aromatic heterocycles. The highest BCUT2D eigenvalue weighted by molar-refractivity contribution is 6.26. The van der Waals surface area contributed by atoms with Crippen molar-refractivity contribution in [3.05, 3.63) is 60.2 Å². The molecular weight excluding hydrogens is 316 g/mol. The van der Waals surface area contributed by atoms with Crippen molar-refractivity contribution in [3.63, 3.8) is 0 Å². The molecule has 2 N–H and O–H groups in total. The molecule has 1 aliphatic rings. The van der Waals surface area contributed by atoms with Crippen LogP contribution in [0.25, 0.3) is 10.8 Å². The van der Waals surface area contributed by atoms with Crippen LogP contribution >= 0.6 is 0 Å². The number of carbonyl (C=O) groups excluding carboxylic acids is 2. The van der Waals surface area contributed by atoms with Gasteiger partial charge < -0.3 is 10.3 Å². The zero-order chi connectivity index (χ0) is 17.4. The third-order valence-corrected chi connectivity index (χ3v) is 4.61. The smallest absolute Gasteiger partial charge is 0.259 e. The molecule has 1 aliphatic heterocycles. The van der Waals surface area contributed by atoms with Gasteiger partial charge in [-0.1, -0.05) is 24.3 Å². The Hall–Kier alpha value is -3.15. The lowest BCUT2D eigenvalue weighted by Crippen LogP contribution is -2.47. The quantitative estimate of drug-likeness (QED) is 0.751. The average Bonchev–Trinajstić information content (AvgIpc) is 3.23. The van der Waals surface area contributed by atoms with Crippen molar-refractivity contribution in [2.24, 2.45) is 0 Å². The summed E-state index contributed by atoms with van der Waals surface area (Å²) in [7, 11) is 0. The third-order valence-electron chi connectivity index (χ3n) is 4.61. The second-order valence-corrected chi connectivity index (χ2v) is 6.15. The molecule has 2 aromatic carbocycles. The lowest BCUT2D eigenvalue weighted by Gasteiger charge is -2.24. The minimum atomic E-state index is -0.577. The van der Waals surface area contributed by atoms with Crippen LogP contribution in [0.3, 0.4) is 0 Å². The monoisotopic (exact) mass is 334 g/mol. The average molecular weight is 334 g/mol. The van der Waals surface area contributed by atoms with Crippen molar-refractivity contribution in [2.45, 2.75) is 19.4 Å². The number of benzene rings is 2. The van der Waals surface area contributed by atoms with Crippen LogP contribution in [0.4, 0.5) is 5.69 Å². The fourth-order valence-electron chi connectivity index (χ4n) is 3.33. The van der Waals surface area contributed by atoms with Gasteiger partial charge in [-0.3, -0.25) is 14.5 Å². The molecule has 2 heterocycles. The van der Waals surface area contributed by atoms with E-state index in [0.717, 1.165) is 22.2 Å². The maximum Gasteiger partial charge on any atom is 0.259 e. The fraction of sp³-hybridized carbons (Fsp3) is 0.211. The van der Waals surface area contributed by atoms with Crippen molar-refractivity contribution in [1.29, 1.82) is 0 Å². The summed E-state index contributed by atoms with van der Waals surface area (Å²) in [5.74, 6) is -0.291. The Kier molecular flexibility index (Phi) is 3.72. The molecule has 25 heavy (non-hydrogen) atoms. The summed E-state index contributed by atoms with van der Waals surface area (Å²) in [6.45, 7) is 2.25. The summed E-state index contributed by atoms with van der Waals surface area (Å²) in [4.78, 5) is 33.9. The normalized spacial score (nSPS) is 14.1. The number of amides is 2. The Morgan fingerprint density at radius 2 is 2.08 bits per heavy atom. The van der Waals surface area contributed by atoms with Gasteiger partial charge in [-0.25, -0.2) is 4.98 Å². The molecule has 2 amide bonds. The SMILES string of the molecule is CC(C(=O)NCCc1cnc[nH]1)N1C(=O)c2cccc3cccc1c23. The van der Waals surface area contributed by atoms with Crippen molar-refractivity contribution in [2.75, 3.05) is 11.4 Å². The van der Waals surface area contributed by atoms with Crippen LogP contribution in [0.1, 0.15) is 23.0 Å². The summed E-state index contributed by atoms with van der Waals surface area (Å²) in [6.07, 6.45) is 4.01. The molecule has 1 unspecified atom stereocenters. The first-order valence-electron chi connectivity index (χ1n) is 8.27. The van der Waals surface area contributed by atoms with Gasteiger partial charge in [0.2, 0.25) is 5.91 Å². The van der Waals surface area contributed by atoms with E-state index < -0.39 is 6.04 Å². The van der Waals surface area contributed by atoms with Crippen LogP contribution in [0.5, 0.6) is 0 Å². The van der Waals surface area contributed by atoms with Gasteiger partial charge in [0, 0.05) is 35.8 Å². The van der Waals surface area contributed by atoms with Crippen LogP contribution < -0.4 is 10.2 Å². The van der Waals surface area contributed by atoms with E-state index in [1.807, 2.05) is 36.4 Å². The van der Waals surface area contributed by atoms with Gasteiger partial charge in [0.1, 0.15) is 6.04 Å². The minimum absolute atomic E-state index is 0.122. The Balaban J connectivity index is 1.53. The first-order valence-corrected chi connectivity index (χ1v) is 8.27. The lowest BCUT2D eigenvalue weighted by molar-refractivity contribution is -0.121. The molecule has 0 radical (unpaired) electrons. The molecule has 6 heteroatoms. The molecule has 0 fully saturated rings. The number of rotatable bonds is 5. The van der Waals surface area contributed by atoms with Gasteiger partial charge in [-0.15, -0.1) is 0 Å². The molecule has 0 bridgehead atoms. The van der Waals surface area contributed by atoms with E-state index in [4.69, 9.17) is 0 Å². The van der Waals surface area contributed by atoms with Gasteiger partial charge in [-0.05, 0) is 24.4 Å². The Bertz CT molecular complexity index is 944. The number of nitrogens with one attached hydrogen (secondary N) is 2. The summed E-state index contributed by atoms with van der Waals surface area (Å²) >= 11 is 0. The maximum absolute atomic E-state index is 12.8. The van der Waals surface area contributed by atoms with E-state index in [1.165, 1.54) is 0 Å². The molecule has 3 aromatic rings. The number of hydrogen-bond acceptors (Lipinski definition) is 3. The topological polar surface area (TPSA) is 78.1 Å². The van der Waals surface area contributed by atoms with E-state index in [1.54, 1.807) is 24.3 Å². The third kappa shape index (κ3) is 2.55. The summed E-state index contributed by atoms with van der Waals surface area (Å²) in [5, 5.41) is 4.83. The first-order chi connectivity index (χ1) is 12.2. The lowest BCUT2D eigenvalue weighted by atomic mass is 10.1. The maximum atomic E-state index is 12.8. The van der Waals surface area contributed by atoms with E-state index in [0.29, 0.717) is 18.5 Å². The molecule has 0 spiro atoms. The molecule has 1 atom stereocenters. The predicted molar refractivity (Wildman–Crippen MR) is 95.5 cm³/mol. The summed E-state index contributed by atoms with van der Waals surface area (Å²) in [5.41, 5.74) is 2.42. The number of aromatic nitrogens is 2. The number of anilines is 1. The largest absolute Gasteiger partial charge is 0.354 e. The molecule has 6 nitrogen and oxygen atoms in total. The minimum Gasteiger partial charge on any atom is -0.354 e. The Morgan fingerprint density at radius 1 is 1.28 bits per heavy atom. The molecule has 0 aliphatic carbocycles. The number of nitrogens with zero attached hydrogens (tertiary/aromatic N) is 2. The first kappa shape index (κ1) is 15.4. The summed E-state index contributed by atoms with van der Waals surface area (Å²) < 4.78 is 0. The van der Waals surface area contributed by atoms with E-state index in [2.05, 4.69) is 15.3 Å².